The molecule has 16 heavy (non-hydrogen) atoms. The number of aromatic nitrogens is 2. The van der Waals surface area contributed by atoms with E-state index in [0.29, 0.717) is 0 Å². The summed E-state index contributed by atoms with van der Waals surface area (Å²) in [6, 6.07) is 4.76. The molecule has 5 heteroatoms. The van der Waals surface area contributed by atoms with Crippen molar-refractivity contribution < 1.29 is 14.7 Å². The van der Waals surface area contributed by atoms with Crippen LogP contribution in [0.15, 0.2) is 18.2 Å². The maximum atomic E-state index is 11.3. The maximum Gasteiger partial charge on any atom is 0.377 e. The summed E-state index contributed by atoms with van der Waals surface area (Å²) in [5.74, 6) is -2.34. The second kappa shape index (κ2) is 3.44. The van der Waals surface area contributed by atoms with Crippen molar-refractivity contribution in [2.45, 2.75) is 6.92 Å². The molecule has 0 bridgehead atoms. The number of benzene rings is 1. The van der Waals surface area contributed by atoms with Gasteiger partial charge < -0.3 is 5.11 Å². The van der Waals surface area contributed by atoms with Gasteiger partial charge in [0.1, 0.15) is 0 Å². The highest BCUT2D eigenvalue weighted by atomic mass is 16.4. The second-order valence-corrected chi connectivity index (χ2v) is 3.58. The quantitative estimate of drug-likeness (QED) is 0.606. The van der Waals surface area contributed by atoms with Crippen molar-refractivity contribution in [2.24, 2.45) is 7.05 Å². The molecule has 1 aromatic heterocycles. The zero-order chi connectivity index (χ0) is 11.9. The van der Waals surface area contributed by atoms with Gasteiger partial charge in [-0.2, -0.15) is 5.10 Å². The van der Waals surface area contributed by atoms with Crippen molar-refractivity contribution in [1.29, 1.82) is 0 Å². The smallest absolute Gasteiger partial charge is 0.377 e. The fourth-order valence-corrected chi connectivity index (χ4v) is 1.71. The number of aryl methyl sites for hydroxylation is 2. The van der Waals surface area contributed by atoms with Gasteiger partial charge in [-0.1, -0.05) is 0 Å². The van der Waals surface area contributed by atoms with E-state index in [1.165, 1.54) is 6.07 Å². The van der Waals surface area contributed by atoms with Gasteiger partial charge in [0, 0.05) is 18.0 Å². The minimum atomic E-state index is -1.44. The topological polar surface area (TPSA) is 72.2 Å². The van der Waals surface area contributed by atoms with Crippen LogP contribution in [-0.4, -0.2) is 26.6 Å². The Hall–Kier alpha value is -2.17. The molecule has 0 aliphatic heterocycles. The predicted molar refractivity (Wildman–Crippen MR) is 57.4 cm³/mol. The number of fused-ring (bicyclic) bond motifs is 1. The van der Waals surface area contributed by atoms with Gasteiger partial charge in [-0.3, -0.25) is 9.48 Å². The van der Waals surface area contributed by atoms with Gasteiger partial charge in [0.25, 0.3) is 5.78 Å². The minimum Gasteiger partial charge on any atom is -0.475 e. The van der Waals surface area contributed by atoms with Crippen LogP contribution in [0, 0.1) is 6.92 Å². The number of carbonyl (C=O) groups excluding carboxylic acids is 1. The Morgan fingerprint density at radius 3 is 2.69 bits per heavy atom. The Labute approximate surface area is 91.3 Å². The van der Waals surface area contributed by atoms with E-state index in [2.05, 4.69) is 5.10 Å². The van der Waals surface area contributed by atoms with Gasteiger partial charge in [-0.05, 0) is 25.1 Å². The van der Waals surface area contributed by atoms with Gasteiger partial charge in [0.15, 0.2) is 0 Å². The Morgan fingerprint density at radius 2 is 2.06 bits per heavy atom. The van der Waals surface area contributed by atoms with E-state index in [-0.39, 0.29) is 5.56 Å². The molecule has 2 rings (SSSR count). The number of hydrogen-bond acceptors (Lipinski definition) is 3. The molecule has 0 saturated carbocycles. The van der Waals surface area contributed by atoms with Gasteiger partial charge in [0.2, 0.25) is 0 Å². The Bertz CT molecular complexity index is 599. The summed E-state index contributed by atoms with van der Waals surface area (Å²) in [6.07, 6.45) is 0. The lowest BCUT2D eigenvalue weighted by atomic mass is 10.1. The Kier molecular flexibility index (Phi) is 2.23. The molecular weight excluding hydrogens is 208 g/mol. The molecule has 0 spiro atoms. The molecule has 0 fully saturated rings. The summed E-state index contributed by atoms with van der Waals surface area (Å²) < 4.78 is 1.69. The molecule has 1 N–H and O–H groups in total. The molecule has 0 radical (unpaired) electrons. The number of aliphatic carboxylic acids is 1. The maximum absolute atomic E-state index is 11.3. The zero-order valence-electron chi connectivity index (χ0n) is 8.89. The zero-order valence-corrected chi connectivity index (χ0v) is 8.89. The predicted octanol–water partition coefficient (Wildman–Crippen LogP) is 1.15. The molecule has 1 aromatic carbocycles. The molecule has 0 aliphatic carbocycles. The number of rotatable bonds is 2. The molecular formula is C11H10N2O3. The lowest BCUT2D eigenvalue weighted by molar-refractivity contribution is -0.131. The van der Waals surface area contributed by atoms with Crippen LogP contribution in [-0.2, 0) is 11.8 Å². The first kappa shape index (κ1) is 10.4. The monoisotopic (exact) mass is 218 g/mol. The number of carboxylic acid groups (broad SMARTS) is 1. The van der Waals surface area contributed by atoms with Gasteiger partial charge in [-0.25, -0.2) is 4.79 Å². The summed E-state index contributed by atoms with van der Waals surface area (Å²) >= 11 is 0. The summed E-state index contributed by atoms with van der Waals surface area (Å²) in [7, 11) is 1.80. The van der Waals surface area contributed by atoms with Crippen LogP contribution < -0.4 is 0 Å². The third-order valence-corrected chi connectivity index (χ3v) is 2.49. The number of Topliss-reactive ketones (excluding diaryl/α,β-unsaturated/α-hetero) is 1. The van der Waals surface area contributed by atoms with Gasteiger partial charge in [0.05, 0.1) is 11.2 Å². The van der Waals surface area contributed by atoms with E-state index < -0.39 is 11.8 Å². The number of nitrogens with zero attached hydrogens (tertiary/aromatic N) is 2. The first-order valence-corrected chi connectivity index (χ1v) is 4.71. The summed E-state index contributed by atoms with van der Waals surface area (Å²) in [5.41, 5.74) is 1.83. The van der Waals surface area contributed by atoms with Crippen LogP contribution in [0.4, 0.5) is 0 Å². The largest absolute Gasteiger partial charge is 0.475 e. The number of carbonyl (C=O) groups is 2. The van der Waals surface area contributed by atoms with Crippen LogP contribution in [0.1, 0.15) is 16.1 Å². The highest BCUT2D eigenvalue weighted by Crippen LogP contribution is 2.19. The van der Waals surface area contributed by atoms with Crippen LogP contribution >= 0.6 is 0 Å². The first-order valence-electron chi connectivity index (χ1n) is 4.71. The average molecular weight is 218 g/mol. The molecule has 1 heterocycles. The summed E-state index contributed by atoms with van der Waals surface area (Å²) in [6.45, 7) is 1.82. The molecule has 5 nitrogen and oxygen atoms in total. The number of ketones is 1. The Balaban J connectivity index is 2.64. The Morgan fingerprint density at radius 1 is 1.38 bits per heavy atom. The van der Waals surface area contributed by atoms with Crippen molar-refractivity contribution >= 4 is 22.7 Å². The fraction of sp³-hybridized carbons (Fsp3) is 0.182. The van der Waals surface area contributed by atoms with E-state index in [4.69, 9.17) is 5.11 Å². The SMILES string of the molecule is Cc1nn(C)c2ccc(C(=O)C(=O)O)cc12. The first-order chi connectivity index (χ1) is 7.50. The highest BCUT2D eigenvalue weighted by molar-refractivity contribution is 6.40. The number of hydrogen-bond donors (Lipinski definition) is 1. The molecule has 2 aromatic rings. The van der Waals surface area contributed by atoms with Gasteiger partial charge in [-0.15, -0.1) is 0 Å². The molecule has 82 valence electrons. The molecule has 0 saturated heterocycles. The molecule has 0 amide bonds. The molecule has 0 atom stereocenters. The second-order valence-electron chi connectivity index (χ2n) is 3.58. The van der Waals surface area contributed by atoms with Crippen LogP contribution in [0.25, 0.3) is 10.9 Å². The third kappa shape index (κ3) is 1.46. The van der Waals surface area contributed by atoms with E-state index in [9.17, 15) is 9.59 Å². The van der Waals surface area contributed by atoms with Crippen molar-refractivity contribution in [3.8, 4) is 0 Å². The fourth-order valence-electron chi connectivity index (χ4n) is 1.71. The average Bonchev–Trinajstić information content (AvgIpc) is 2.53. The van der Waals surface area contributed by atoms with Crippen LogP contribution in [0.3, 0.4) is 0 Å². The van der Waals surface area contributed by atoms with Gasteiger partial charge >= 0.3 is 5.97 Å². The standard InChI is InChI=1S/C11H10N2O3/c1-6-8-5-7(10(14)11(15)16)3-4-9(8)13(2)12-6/h3-5H,1-2H3,(H,15,16). The van der Waals surface area contributed by atoms with E-state index in [1.807, 2.05) is 6.92 Å². The van der Waals surface area contributed by atoms with E-state index >= 15 is 0 Å². The van der Waals surface area contributed by atoms with Crippen molar-refractivity contribution in [1.82, 2.24) is 9.78 Å². The normalized spacial score (nSPS) is 10.6. The third-order valence-electron chi connectivity index (χ3n) is 2.49. The summed E-state index contributed by atoms with van der Waals surface area (Å²) in [4.78, 5) is 21.8. The lowest BCUT2D eigenvalue weighted by Crippen LogP contribution is -2.12. The van der Waals surface area contributed by atoms with Crippen LogP contribution in [0.5, 0.6) is 0 Å². The van der Waals surface area contributed by atoms with E-state index in [0.717, 1.165) is 16.6 Å². The highest BCUT2D eigenvalue weighted by Gasteiger charge is 2.16. The number of carboxylic acids is 1. The molecule has 0 unspecified atom stereocenters. The van der Waals surface area contributed by atoms with E-state index in [1.54, 1.807) is 23.9 Å². The van der Waals surface area contributed by atoms with Crippen LogP contribution in [0.2, 0.25) is 0 Å². The lowest BCUT2D eigenvalue weighted by Gasteiger charge is -1.97. The van der Waals surface area contributed by atoms with Crippen molar-refractivity contribution in [3.63, 3.8) is 0 Å². The molecule has 0 aliphatic rings. The summed E-state index contributed by atoms with van der Waals surface area (Å²) in [5, 5.41) is 13.6. The van der Waals surface area contributed by atoms with Crippen molar-refractivity contribution in [2.75, 3.05) is 0 Å². The minimum absolute atomic E-state index is 0.177. The van der Waals surface area contributed by atoms with Crippen molar-refractivity contribution in [3.05, 3.63) is 29.5 Å².